The Labute approximate surface area is 87.8 Å². The Morgan fingerprint density at radius 1 is 1.29 bits per heavy atom. The number of nitrogens with zero attached hydrogens (tertiary/aromatic N) is 1. The van der Waals surface area contributed by atoms with Gasteiger partial charge in [0.1, 0.15) is 0 Å². The van der Waals surface area contributed by atoms with E-state index in [1.807, 2.05) is 0 Å². The zero-order valence-corrected chi connectivity index (χ0v) is 10.0. The maximum Gasteiger partial charge on any atom is 0.0184 e. The Hall–Kier alpha value is -0.0800. The molecular formula is C12H24N2. The lowest BCUT2D eigenvalue weighted by Gasteiger charge is -2.64. The fourth-order valence-corrected chi connectivity index (χ4v) is 3.10. The molecule has 0 aromatic carbocycles. The Morgan fingerprint density at radius 2 is 1.86 bits per heavy atom. The average molecular weight is 196 g/mol. The van der Waals surface area contributed by atoms with Crippen molar-refractivity contribution in [3.05, 3.63) is 0 Å². The molecule has 2 heteroatoms. The highest BCUT2D eigenvalue weighted by molar-refractivity contribution is 5.14. The molecule has 2 nitrogen and oxygen atoms in total. The number of rotatable bonds is 1. The van der Waals surface area contributed by atoms with Crippen LogP contribution in [0.3, 0.4) is 0 Å². The molecule has 0 aromatic heterocycles. The largest absolute Gasteiger partial charge is 0.327 e. The van der Waals surface area contributed by atoms with Gasteiger partial charge in [-0.05, 0) is 47.1 Å². The first-order chi connectivity index (χ1) is 6.38. The molecule has 2 N–H and O–H groups in total. The Bertz CT molecular complexity index is 225. The molecule has 0 radical (unpaired) electrons. The molecule has 14 heavy (non-hydrogen) atoms. The fraction of sp³-hybridized carbons (Fsp3) is 1.00. The smallest absolute Gasteiger partial charge is 0.0184 e. The van der Waals surface area contributed by atoms with Crippen molar-refractivity contribution >= 4 is 0 Å². The lowest BCUT2D eigenvalue weighted by atomic mass is 9.49. The van der Waals surface area contributed by atoms with Crippen LogP contribution in [0, 0.1) is 5.41 Å². The summed E-state index contributed by atoms with van der Waals surface area (Å²) in [6, 6.07) is 1.22. The Kier molecular flexibility index (Phi) is 2.20. The molecule has 2 saturated carbocycles. The number of hydrogen-bond donors (Lipinski definition) is 1. The summed E-state index contributed by atoms with van der Waals surface area (Å²) in [5.41, 5.74) is 6.95. The molecule has 0 heterocycles. The molecule has 2 atom stereocenters. The quantitative estimate of drug-likeness (QED) is 0.695. The zero-order valence-electron chi connectivity index (χ0n) is 10.0. The van der Waals surface area contributed by atoms with E-state index < -0.39 is 0 Å². The molecular weight excluding hydrogens is 172 g/mol. The van der Waals surface area contributed by atoms with E-state index in [9.17, 15) is 0 Å². The van der Waals surface area contributed by atoms with Crippen molar-refractivity contribution in [3.63, 3.8) is 0 Å². The highest BCUT2D eigenvalue weighted by atomic mass is 15.2. The molecule has 0 bridgehead atoms. The van der Waals surface area contributed by atoms with Crippen molar-refractivity contribution in [1.29, 1.82) is 0 Å². The van der Waals surface area contributed by atoms with Gasteiger partial charge in [0, 0.05) is 23.0 Å². The highest BCUT2D eigenvalue weighted by Crippen LogP contribution is 2.57. The lowest BCUT2D eigenvalue weighted by Crippen LogP contribution is -2.71. The molecule has 2 unspecified atom stereocenters. The first kappa shape index (κ1) is 10.4. The van der Waals surface area contributed by atoms with E-state index in [1.165, 1.54) is 25.7 Å². The third-order valence-corrected chi connectivity index (χ3v) is 4.69. The predicted molar refractivity (Wildman–Crippen MR) is 60.2 cm³/mol. The lowest BCUT2D eigenvalue weighted by molar-refractivity contribution is -0.118. The summed E-state index contributed by atoms with van der Waals surface area (Å²) in [6.07, 6.45) is 5.31. The third-order valence-electron chi connectivity index (χ3n) is 4.69. The molecule has 82 valence electrons. The second-order valence-corrected chi connectivity index (χ2v) is 6.23. The predicted octanol–water partition coefficient (Wildman–Crippen LogP) is 1.99. The van der Waals surface area contributed by atoms with Crippen molar-refractivity contribution < 1.29 is 0 Å². The second kappa shape index (κ2) is 2.96. The van der Waals surface area contributed by atoms with Gasteiger partial charge in [0.25, 0.3) is 0 Å². The SMILES string of the molecule is CN(C1CC(N)C12CCC2)C(C)(C)C. The van der Waals surface area contributed by atoms with Crippen LogP contribution in [-0.2, 0) is 0 Å². The minimum atomic E-state index is 0.285. The van der Waals surface area contributed by atoms with Crippen molar-refractivity contribution in [2.24, 2.45) is 11.1 Å². The molecule has 2 aliphatic rings. The maximum absolute atomic E-state index is 6.16. The summed E-state index contributed by atoms with van der Waals surface area (Å²) in [5, 5.41) is 0. The standard InChI is InChI=1S/C12H24N2/c1-11(2,3)14(4)10-8-9(13)12(10)6-5-7-12/h9-10H,5-8,13H2,1-4H3. The third kappa shape index (κ3) is 1.24. The second-order valence-electron chi connectivity index (χ2n) is 6.23. The van der Waals surface area contributed by atoms with Gasteiger partial charge in [0.15, 0.2) is 0 Å². The van der Waals surface area contributed by atoms with Crippen LogP contribution in [0.5, 0.6) is 0 Å². The topological polar surface area (TPSA) is 29.3 Å². The van der Waals surface area contributed by atoms with Crippen LogP contribution in [0.4, 0.5) is 0 Å². The molecule has 0 aliphatic heterocycles. The first-order valence-corrected chi connectivity index (χ1v) is 5.86. The molecule has 2 fully saturated rings. The van der Waals surface area contributed by atoms with Gasteiger partial charge in [0.2, 0.25) is 0 Å². The van der Waals surface area contributed by atoms with E-state index in [0.717, 1.165) is 6.04 Å². The number of nitrogens with two attached hydrogens (primary N) is 1. The molecule has 0 aromatic rings. The van der Waals surface area contributed by atoms with Gasteiger partial charge >= 0.3 is 0 Å². The summed E-state index contributed by atoms with van der Waals surface area (Å²) >= 11 is 0. The minimum Gasteiger partial charge on any atom is -0.327 e. The zero-order chi connectivity index (χ0) is 10.6. The Morgan fingerprint density at radius 3 is 2.14 bits per heavy atom. The summed E-state index contributed by atoms with van der Waals surface area (Å²) in [5.74, 6) is 0. The normalized spacial score (nSPS) is 35.6. The fourth-order valence-electron chi connectivity index (χ4n) is 3.10. The van der Waals surface area contributed by atoms with E-state index in [1.54, 1.807) is 0 Å². The molecule has 0 amide bonds. The van der Waals surface area contributed by atoms with Crippen molar-refractivity contribution in [3.8, 4) is 0 Å². The maximum atomic E-state index is 6.16. The van der Waals surface area contributed by atoms with Crippen LogP contribution < -0.4 is 5.73 Å². The van der Waals surface area contributed by atoms with Crippen LogP contribution in [-0.4, -0.2) is 29.6 Å². The van der Waals surface area contributed by atoms with Gasteiger partial charge in [-0.25, -0.2) is 0 Å². The van der Waals surface area contributed by atoms with Gasteiger partial charge in [-0.15, -0.1) is 0 Å². The number of hydrogen-bond acceptors (Lipinski definition) is 2. The summed E-state index contributed by atoms with van der Waals surface area (Å²) in [4.78, 5) is 2.54. The first-order valence-electron chi connectivity index (χ1n) is 5.86. The van der Waals surface area contributed by atoms with Gasteiger partial charge < -0.3 is 5.73 Å². The van der Waals surface area contributed by atoms with E-state index in [0.29, 0.717) is 11.5 Å². The van der Waals surface area contributed by atoms with Crippen LogP contribution >= 0.6 is 0 Å². The molecule has 2 rings (SSSR count). The molecule has 0 saturated heterocycles. The van der Waals surface area contributed by atoms with E-state index in [-0.39, 0.29) is 5.54 Å². The van der Waals surface area contributed by atoms with E-state index in [4.69, 9.17) is 5.73 Å². The summed E-state index contributed by atoms with van der Waals surface area (Å²) in [7, 11) is 2.26. The van der Waals surface area contributed by atoms with Gasteiger partial charge in [-0.2, -0.15) is 0 Å². The van der Waals surface area contributed by atoms with Crippen LogP contribution in [0.15, 0.2) is 0 Å². The van der Waals surface area contributed by atoms with Crippen molar-refractivity contribution in [2.45, 2.75) is 64.1 Å². The van der Waals surface area contributed by atoms with Crippen LogP contribution in [0.2, 0.25) is 0 Å². The van der Waals surface area contributed by atoms with E-state index >= 15 is 0 Å². The van der Waals surface area contributed by atoms with E-state index in [2.05, 4.69) is 32.7 Å². The Balaban J connectivity index is 2.07. The van der Waals surface area contributed by atoms with Gasteiger partial charge in [-0.1, -0.05) is 6.42 Å². The van der Waals surface area contributed by atoms with Crippen molar-refractivity contribution in [1.82, 2.24) is 4.90 Å². The monoisotopic (exact) mass is 196 g/mol. The van der Waals surface area contributed by atoms with Gasteiger partial charge in [-0.3, -0.25) is 4.90 Å². The molecule has 1 spiro atoms. The van der Waals surface area contributed by atoms with Gasteiger partial charge in [0.05, 0.1) is 0 Å². The van der Waals surface area contributed by atoms with Crippen LogP contribution in [0.25, 0.3) is 0 Å². The molecule has 2 aliphatic carbocycles. The summed E-state index contributed by atoms with van der Waals surface area (Å²) in [6.45, 7) is 6.88. The van der Waals surface area contributed by atoms with Crippen LogP contribution in [0.1, 0.15) is 46.5 Å². The minimum absolute atomic E-state index is 0.285. The summed E-state index contributed by atoms with van der Waals surface area (Å²) < 4.78 is 0. The highest BCUT2D eigenvalue weighted by Gasteiger charge is 2.58. The van der Waals surface area contributed by atoms with Crippen molar-refractivity contribution in [2.75, 3.05) is 7.05 Å². The average Bonchev–Trinajstić information content (AvgIpc) is 1.93.